The lowest BCUT2D eigenvalue weighted by atomic mass is 9.94. The standard InChI is InChI=1S/C26H18F2N2O2/c27-18-10-8-17(9-11-18)25-22-14-19(28)12-13-23(22)29-24(31)15-30(25)26(32)21-7-3-5-16-4-1-2-6-20(16)21/h1-14,25H,15H2,(H,29,31)/t25-/m1/s1. The second kappa shape index (κ2) is 7.89. The van der Waals surface area contributed by atoms with E-state index in [2.05, 4.69) is 5.32 Å². The van der Waals surface area contributed by atoms with E-state index in [1.807, 2.05) is 30.3 Å². The molecule has 1 aliphatic heterocycles. The number of nitrogens with one attached hydrogen (secondary N) is 1. The number of amides is 2. The summed E-state index contributed by atoms with van der Waals surface area (Å²) in [6.07, 6.45) is 0. The lowest BCUT2D eigenvalue weighted by Crippen LogP contribution is -2.39. The maximum absolute atomic E-state index is 14.3. The Labute approximate surface area is 183 Å². The molecule has 0 radical (unpaired) electrons. The van der Waals surface area contributed by atoms with Crippen molar-refractivity contribution < 1.29 is 18.4 Å². The van der Waals surface area contributed by atoms with Gasteiger partial charge in [0, 0.05) is 16.8 Å². The average Bonchev–Trinajstić information content (AvgIpc) is 2.94. The monoisotopic (exact) mass is 428 g/mol. The van der Waals surface area contributed by atoms with Gasteiger partial charge in [-0.25, -0.2) is 8.78 Å². The first-order valence-corrected chi connectivity index (χ1v) is 10.1. The van der Waals surface area contributed by atoms with Crippen LogP contribution in [-0.2, 0) is 4.79 Å². The zero-order valence-corrected chi connectivity index (χ0v) is 16.9. The molecular weight excluding hydrogens is 410 g/mol. The predicted octanol–water partition coefficient (Wildman–Crippen LogP) is 5.30. The summed E-state index contributed by atoms with van der Waals surface area (Å²) < 4.78 is 27.9. The molecule has 1 atom stereocenters. The van der Waals surface area contributed by atoms with Crippen LogP contribution in [0.4, 0.5) is 14.5 Å². The second-order valence-corrected chi connectivity index (χ2v) is 7.69. The summed E-state index contributed by atoms with van der Waals surface area (Å²) in [4.78, 5) is 28.0. The Morgan fingerprint density at radius 3 is 2.41 bits per heavy atom. The third-order valence-electron chi connectivity index (χ3n) is 5.67. The number of nitrogens with zero attached hydrogens (tertiary/aromatic N) is 1. The minimum atomic E-state index is -0.785. The molecule has 4 nitrogen and oxygen atoms in total. The van der Waals surface area contributed by atoms with Gasteiger partial charge in [-0.15, -0.1) is 0 Å². The fourth-order valence-corrected chi connectivity index (χ4v) is 4.24. The van der Waals surface area contributed by atoms with E-state index in [-0.39, 0.29) is 12.5 Å². The molecule has 2 amide bonds. The summed E-state index contributed by atoms with van der Waals surface area (Å²) in [5.74, 6) is -1.69. The fraction of sp³-hybridized carbons (Fsp3) is 0.0769. The van der Waals surface area contributed by atoms with Crippen molar-refractivity contribution in [3.05, 3.63) is 113 Å². The molecule has 158 valence electrons. The third kappa shape index (κ3) is 3.50. The molecule has 4 aromatic carbocycles. The van der Waals surface area contributed by atoms with Crippen LogP contribution in [0.15, 0.2) is 84.9 Å². The Hall–Kier alpha value is -4.06. The molecule has 0 aromatic heterocycles. The topological polar surface area (TPSA) is 49.4 Å². The average molecular weight is 428 g/mol. The van der Waals surface area contributed by atoms with Crippen LogP contribution in [0.2, 0.25) is 0 Å². The van der Waals surface area contributed by atoms with Crippen molar-refractivity contribution in [1.29, 1.82) is 0 Å². The fourth-order valence-electron chi connectivity index (χ4n) is 4.24. The molecule has 0 saturated heterocycles. The molecule has 32 heavy (non-hydrogen) atoms. The Balaban J connectivity index is 1.71. The van der Waals surface area contributed by atoms with Gasteiger partial charge in [-0.1, -0.05) is 48.5 Å². The molecule has 1 heterocycles. The number of hydrogen-bond donors (Lipinski definition) is 1. The first kappa shape index (κ1) is 19.9. The van der Waals surface area contributed by atoms with Crippen molar-refractivity contribution in [1.82, 2.24) is 4.90 Å². The van der Waals surface area contributed by atoms with Gasteiger partial charge < -0.3 is 10.2 Å². The number of carbonyl (C=O) groups is 2. The maximum Gasteiger partial charge on any atom is 0.255 e. The lowest BCUT2D eigenvalue weighted by molar-refractivity contribution is -0.117. The van der Waals surface area contributed by atoms with Gasteiger partial charge in [-0.3, -0.25) is 9.59 Å². The van der Waals surface area contributed by atoms with Crippen LogP contribution in [0.1, 0.15) is 27.5 Å². The van der Waals surface area contributed by atoms with Gasteiger partial charge in [0.1, 0.15) is 18.2 Å². The smallest absolute Gasteiger partial charge is 0.255 e. The van der Waals surface area contributed by atoms with E-state index in [1.54, 1.807) is 24.3 Å². The summed E-state index contributed by atoms with van der Waals surface area (Å²) in [6.45, 7) is -0.236. The molecule has 5 rings (SSSR count). The molecule has 1 N–H and O–H groups in total. The van der Waals surface area contributed by atoms with Gasteiger partial charge in [0.15, 0.2) is 0 Å². The number of fused-ring (bicyclic) bond motifs is 2. The van der Waals surface area contributed by atoms with E-state index < -0.39 is 23.6 Å². The Morgan fingerprint density at radius 1 is 0.875 bits per heavy atom. The summed E-state index contributed by atoms with van der Waals surface area (Å²) >= 11 is 0. The molecular formula is C26H18F2N2O2. The summed E-state index contributed by atoms with van der Waals surface area (Å²) in [7, 11) is 0. The van der Waals surface area contributed by atoms with Gasteiger partial charge in [-0.05, 0) is 52.7 Å². The number of hydrogen-bond acceptors (Lipinski definition) is 2. The number of halogens is 2. The normalized spacial score (nSPS) is 15.8. The first-order valence-electron chi connectivity index (χ1n) is 10.1. The number of benzene rings is 4. The molecule has 0 saturated carbocycles. The minimum absolute atomic E-state index is 0.236. The van der Waals surface area contributed by atoms with E-state index in [9.17, 15) is 18.4 Å². The highest BCUT2D eigenvalue weighted by Crippen LogP contribution is 2.37. The van der Waals surface area contributed by atoms with Crippen LogP contribution < -0.4 is 5.32 Å². The van der Waals surface area contributed by atoms with Crippen LogP contribution in [-0.4, -0.2) is 23.3 Å². The van der Waals surface area contributed by atoms with Crippen molar-refractivity contribution in [2.75, 3.05) is 11.9 Å². The highest BCUT2D eigenvalue weighted by atomic mass is 19.1. The van der Waals surface area contributed by atoms with Crippen LogP contribution >= 0.6 is 0 Å². The predicted molar refractivity (Wildman–Crippen MR) is 118 cm³/mol. The number of carbonyl (C=O) groups excluding carboxylic acids is 2. The van der Waals surface area contributed by atoms with Crippen LogP contribution in [0, 0.1) is 11.6 Å². The van der Waals surface area contributed by atoms with E-state index >= 15 is 0 Å². The van der Waals surface area contributed by atoms with E-state index in [0.29, 0.717) is 22.4 Å². The second-order valence-electron chi connectivity index (χ2n) is 7.69. The largest absolute Gasteiger partial charge is 0.324 e. The van der Waals surface area contributed by atoms with Crippen LogP contribution in [0.25, 0.3) is 10.8 Å². The zero-order chi connectivity index (χ0) is 22.2. The van der Waals surface area contributed by atoms with Crippen LogP contribution in [0.5, 0.6) is 0 Å². The molecule has 0 aliphatic carbocycles. The molecule has 0 spiro atoms. The molecule has 0 bridgehead atoms. The maximum atomic E-state index is 14.3. The van der Waals surface area contributed by atoms with Crippen molar-refractivity contribution >= 4 is 28.3 Å². The molecule has 0 fully saturated rings. The molecule has 0 unspecified atom stereocenters. The third-order valence-corrected chi connectivity index (χ3v) is 5.67. The van der Waals surface area contributed by atoms with Crippen LogP contribution in [0.3, 0.4) is 0 Å². The minimum Gasteiger partial charge on any atom is -0.324 e. The van der Waals surface area contributed by atoms with Gasteiger partial charge in [0.05, 0.1) is 6.04 Å². The van der Waals surface area contributed by atoms with Crippen molar-refractivity contribution in [2.24, 2.45) is 0 Å². The number of rotatable bonds is 2. The Kier molecular flexibility index (Phi) is 4.90. The van der Waals surface area contributed by atoms with Crippen molar-refractivity contribution in [2.45, 2.75) is 6.04 Å². The lowest BCUT2D eigenvalue weighted by Gasteiger charge is -2.31. The summed E-state index contributed by atoms with van der Waals surface area (Å²) in [6, 6.07) is 21.8. The van der Waals surface area contributed by atoms with E-state index in [1.165, 1.54) is 35.2 Å². The van der Waals surface area contributed by atoms with E-state index in [0.717, 1.165) is 10.8 Å². The zero-order valence-electron chi connectivity index (χ0n) is 16.9. The van der Waals surface area contributed by atoms with Gasteiger partial charge >= 0.3 is 0 Å². The summed E-state index contributed by atoms with van der Waals surface area (Å²) in [5.41, 5.74) is 1.85. The van der Waals surface area contributed by atoms with Crippen molar-refractivity contribution in [3.63, 3.8) is 0 Å². The van der Waals surface area contributed by atoms with Gasteiger partial charge in [0.25, 0.3) is 5.91 Å². The molecule has 1 aliphatic rings. The van der Waals surface area contributed by atoms with E-state index in [4.69, 9.17) is 0 Å². The Morgan fingerprint density at radius 2 is 1.59 bits per heavy atom. The quantitative estimate of drug-likeness (QED) is 0.471. The SMILES string of the molecule is O=C1CN(C(=O)c2cccc3ccccc23)[C@H](c2ccc(F)cc2)c2cc(F)ccc2N1. The Bertz CT molecular complexity index is 1350. The van der Waals surface area contributed by atoms with Gasteiger partial charge in [-0.2, -0.15) is 0 Å². The van der Waals surface area contributed by atoms with Crippen molar-refractivity contribution in [3.8, 4) is 0 Å². The van der Waals surface area contributed by atoms with Gasteiger partial charge in [0.2, 0.25) is 5.91 Å². The number of anilines is 1. The molecule has 6 heteroatoms. The highest BCUT2D eigenvalue weighted by Gasteiger charge is 2.34. The first-order chi connectivity index (χ1) is 15.5. The highest BCUT2D eigenvalue weighted by molar-refractivity contribution is 6.09. The molecule has 4 aromatic rings. The summed E-state index contributed by atoms with van der Waals surface area (Å²) in [5, 5.41) is 4.40.